The molecular formula is C16H13NO3S. The van der Waals surface area contributed by atoms with Gasteiger partial charge in [-0.15, -0.1) is 0 Å². The van der Waals surface area contributed by atoms with Crippen LogP contribution in [0.4, 0.5) is 0 Å². The van der Waals surface area contributed by atoms with Crippen molar-refractivity contribution in [3.8, 4) is 5.75 Å². The van der Waals surface area contributed by atoms with Gasteiger partial charge in [0.1, 0.15) is 10.6 Å². The Kier molecular flexibility index (Phi) is 3.35. The summed E-state index contributed by atoms with van der Waals surface area (Å²) in [6.45, 7) is 1.90. The lowest BCUT2D eigenvalue weighted by molar-refractivity contribution is 0.486. The molecule has 21 heavy (non-hydrogen) atoms. The van der Waals surface area contributed by atoms with Crippen LogP contribution in [0.2, 0.25) is 0 Å². The van der Waals surface area contributed by atoms with Gasteiger partial charge in [0.15, 0.2) is 0 Å². The van der Waals surface area contributed by atoms with Gasteiger partial charge >= 0.3 is 10.1 Å². The predicted octanol–water partition coefficient (Wildman–Crippen LogP) is 3.31. The van der Waals surface area contributed by atoms with Crippen molar-refractivity contribution in [3.05, 3.63) is 66.5 Å². The van der Waals surface area contributed by atoms with E-state index in [1.807, 2.05) is 13.0 Å². The molecule has 0 radical (unpaired) electrons. The molecule has 4 nitrogen and oxygen atoms in total. The van der Waals surface area contributed by atoms with Crippen LogP contribution in [0.1, 0.15) is 5.56 Å². The van der Waals surface area contributed by atoms with Crippen molar-refractivity contribution in [1.82, 2.24) is 4.98 Å². The summed E-state index contributed by atoms with van der Waals surface area (Å²) >= 11 is 0. The fraction of sp³-hybridized carbons (Fsp3) is 0.0625. The second kappa shape index (κ2) is 5.18. The lowest BCUT2D eigenvalue weighted by Gasteiger charge is -2.08. The highest BCUT2D eigenvalue weighted by Crippen LogP contribution is 2.23. The fourth-order valence-corrected chi connectivity index (χ4v) is 2.92. The maximum absolute atomic E-state index is 12.2. The van der Waals surface area contributed by atoms with Crippen molar-refractivity contribution >= 4 is 20.9 Å². The quantitative estimate of drug-likeness (QED) is 0.696. The molecule has 3 rings (SSSR count). The number of benzene rings is 2. The molecule has 0 bridgehead atoms. The average Bonchev–Trinajstić information content (AvgIpc) is 2.47. The van der Waals surface area contributed by atoms with Crippen LogP contribution in [0.15, 0.2) is 65.8 Å². The van der Waals surface area contributed by atoms with Gasteiger partial charge in [0.2, 0.25) is 0 Å². The zero-order valence-electron chi connectivity index (χ0n) is 11.4. The Labute approximate surface area is 123 Å². The van der Waals surface area contributed by atoms with Gasteiger partial charge in [0, 0.05) is 17.8 Å². The van der Waals surface area contributed by atoms with E-state index in [-0.39, 0.29) is 10.6 Å². The Bertz CT molecular complexity index is 887. The first-order valence-electron chi connectivity index (χ1n) is 6.39. The normalized spacial score (nSPS) is 11.5. The highest BCUT2D eigenvalue weighted by atomic mass is 32.2. The van der Waals surface area contributed by atoms with Crippen molar-refractivity contribution in [2.24, 2.45) is 0 Å². The van der Waals surface area contributed by atoms with Gasteiger partial charge in [-0.3, -0.25) is 4.98 Å². The second-order valence-electron chi connectivity index (χ2n) is 4.74. The van der Waals surface area contributed by atoms with Crippen LogP contribution >= 0.6 is 0 Å². The molecule has 0 aliphatic carbocycles. The molecule has 0 saturated carbocycles. The second-order valence-corrected chi connectivity index (χ2v) is 6.28. The average molecular weight is 299 g/mol. The molecule has 0 unspecified atom stereocenters. The first-order valence-corrected chi connectivity index (χ1v) is 7.80. The van der Waals surface area contributed by atoms with Gasteiger partial charge in [0.25, 0.3) is 0 Å². The first-order chi connectivity index (χ1) is 10.0. The largest absolute Gasteiger partial charge is 0.379 e. The van der Waals surface area contributed by atoms with E-state index >= 15 is 0 Å². The smallest absolute Gasteiger partial charge is 0.339 e. The van der Waals surface area contributed by atoms with Gasteiger partial charge in [-0.05, 0) is 42.6 Å². The summed E-state index contributed by atoms with van der Waals surface area (Å²) in [4.78, 5) is 4.15. The Morgan fingerprint density at radius 1 is 0.952 bits per heavy atom. The van der Waals surface area contributed by atoms with Crippen LogP contribution in [0, 0.1) is 6.92 Å². The van der Waals surface area contributed by atoms with Gasteiger partial charge in [-0.2, -0.15) is 8.42 Å². The number of nitrogens with zero attached hydrogens (tertiary/aromatic N) is 1. The summed E-state index contributed by atoms with van der Waals surface area (Å²) < 4.78 is 29.6. The molecule has 106 valence electrons. The Morgan fingerprint density at radius 3 is 2.48 bits per heavy atom. The molecule has 3 aromatic rings. The van der Waals surface area contributed by atoms with E-state index in [1.54, 1.807) is 42.7 Å². The number of hydrogen-bond acceptors (Lipinski definition) is 4. The number of aromatic nitrogens is 1. The molecule has 1 aromatic heterocycles. The van der Waals surface area contributed by atoms with Crippen LogP contribution in [0.5, 0.6) is 5.75 Å². The van der Waals surface area contributed by atoms with Crippen LogP contribution in [0.3, 0.4) is 0 Å². The molecule has 0 amide bonds. The van der Waals surface area contributed by atoms with E-state index in [2.05, 4.69) is 4.98 Å². The van der Waals surface area contributed by atoms with E-state index in [0.29, 0.717) is 0 Å². The predicted molar refractivity (Wildman–Crippen MR) is 80.7 cm³/mol. The van der Waals surface area contributed by atoms with Crippen LogP contribution in [0.25, 0.3) is 10.8 Å². The van der Waals surface area contributed by atoms with Gasteiger partial charge in [0.05, 0.1) is 0 Å². The summed E-state index contributed by atoms with van der Waals surface area (Å²) in [5.74, 6) is 0.274. The fourth-order valence-electron chi connectivity index (χ4n) is 1.99. The number of aryl methyl sites for hydroxylation is 1. The highest BCUT2D eigenvalue weighted by Gasteiger charge is 2.16. The number of hydrogen-bond donors (Lipinski definition) is 0. The topological polar surface area (TPSA) is 56.3 Å². The number of pyridine rings is 1. The summed E-state index contributed by atoms with van der Waals surface area (Å²) in [5, 5.41) is 1.80. The van der Waals surface area contributed by atoms with Crippen molar-refractivity contribution < 1.29 is 12.6 Å². The van der Waals surface area contributed by atoms with Crippen molar-refractivity contribution in [2.75, 3.05) is 0 Å². The molecule has 0 spiro atoms. The monoisotopic (exact) mass is 299 g/mol. The SMILES string of the molecule is Cc1ccc(S(=O)(=O)Oc2ccc3ccncc3c2)cc1. The molecule has 2 aromatic carbocycles. The number of fused-ring (bicyclic) bond motifs is 1. The third-order valence-corrected chi connectivity index (χ3v) is 4.39. The lowest BCUT2D eigenvalue weighted by Crippen LogP contribution is -2.09. The Balaban J connectivity index is 1.95. The van der Waals surface area contributed by atoms with E-state index in [0.717, 1.165) is 16.3 Å². The standard InChI is InChI=1S/C16H13NO3S/c1-12-2-6-16(7-3-12)21(18,19)20-15-5-4-13-8-9-17-11-14(13)10-15/h2-11H,1H3. The molecule has 0 atom stereocenters. The molecule has 1 heterocycles. The Hall–Kier alpha value is -2.40. The maximum atomic E-state index is 12.2. The molecule has 0 aliphatic rings. The molecule has 5 heteroatoms. The third kappa shape index (κ3) is 2.87. The van der Waals surface area contributed by atoms with Crippen LogP contribution < -0.4 is 4.18 Å². The summed E-state index contributed by atoms with van der Waals surface area (Å²) in [7, 11) is -3.82. The van der Waals surface area contributed by atoms with Crippen LogP contribution in [-0.2, 0) is 10.1 Å². The lowest BCUT2D eigenvalue weighted by atomic mass is 10.2. The van der Waals surface area contributed by atoms with E-state index < -0.39 is 10.1 Å². The van der Waals surface area contributed by atoms with Gasteiger partial charge in [-0.1, -0.05) is 23.8 Å². The van der Waals surface area contributed by atoms with E-state index in [9.17, 15) is 8.42 Å². The minimum atomic E-state index is -3.82. The van der Waals surface area contributed by atoms with Crippen molar-refractivity contribution in [3.63, 3.8) is 0 Å². The molecule has 0 aliphatic heterocycles. The third-order valence-electron chi connectivity index (χ3n) is 3.13. The summed E-state index contributed by atoms with van der Waals surface area (Å²) in [6, 6.07) is 13.5. The van der Waals surface area contributed by atoms with Gasteiger partial charge in [-0.25, -0.2) is 0 Å². The zero-order valence-corrected chi connectivity index (χ0v) is 12.2. The minimum Gasteiger partial charge on any atom is -0.379 e. The molecule has 0 saturated heterocycles. The van der Waals surface area contributed by atoms with Gasteiger partial charge < -0.3 is 4.18 Å². The molecular weight excluding hydrogens is 286 g/mol. The highest BCUT2D eigenvalue weighted by molar-refractivity contribution is 7.87. The van der Waals surface area contributed by atoms with E-state index in [4.69, 9.17) is 4.18 Å². The maximum Gasteiger partial charge on any atom is 0.339 e. The Morgan fingerprint density at radius 2 is 1.71 bits per heavy atom. The van der Waals surface area contributed by atoms with Crippen molar-refractivity contribution in [1.29, 1.82) is 0 Å². The molecule has 0 N–H and O–H groups in total. The summed E-state index contributed by atoms with van der Waals surface area (Å²) in [5.41, 5.74) is 0.991. The van der Waals surface area contributed by atoms with Crippen LogP contribution in [-0.4, -0.2) is 13.4 Å². The first kappa shape index (κ1) is 13.6. The zero-order chi connectivity index (χ0) is 14.9. The van der Waals surface area contributed by atoms with Crippen molar-refractivity contribution in [2.45, 2.75) is 11.8 Å². The number of rotatable bonds is 3. The minimum absolute atomic E-state index is 0.138. The summed E-state index contributed by atoms with van der Waals surface area (Å²) in [6.07, 6.45) is 3.35. The van der Waals surface area contributed by atoms with E-state index in [1.165, 1.54) is 12.1 Å². The molecule has 0 fully saturated rings.